The van der Waals surface area contributed by atoms with Gasteiger partial charge in [0.2, 0.25) is 5.88 Å². The number of aromatic nitrogens is 2. The lowest BCUT2D eigenvalue weighted by Crippen LogP contribution is -2.17. The number of alkyl halides is 3. The van der Waals surface area contributed by atoms with Gasteiger partial charge in [0.15, 0.2) is 5.82 Å². The second-order valence-corrected chi connectivity index (χ2v) is 4.43. The van der Waals surface area contributed by atoms with Crippen molar-refractivity contribution < 1.29 is 22.6 Å². The molecular formula is C15H14F3N3O2. The summed E-state index contributed by atoms with van der Waals surface area (Å²) in [5.74, 6) is 0.588. The third-order valence-electron chi connectivity index (χ3n) is 2.78. The molecule has 5 nitrogen and oxygen atoms in total. The van der Waals surface area contributed by atoms with Crippen LogP contribution in [-0.2, 0) is 0 Å². The third-order valence-corrected chi connectivity index (χ3v) is 2.78. The zero-order valence-corrected chi connectivity index (χ0v) is 12.2. The average Bonchev–Trinajstić information content (AvgIpc) is 2.52. The first-order valence-corrected chi connectivity index (χ1v) is 6.56. The molecule has 1 aromatic carbocycles. The molecule has 0 bridgehead atoms. The Labute approximate surface area is 131 Å². The van der Waals surface area contributed by atoms with Gasteiger partial charge in [-0.15, -0.1) is 23.4 Å². The highest BCUT2D eigenvalue weighted by Gasteiger charge is 2.31. The molecule has 0 saturated heterocycles. The average molecular weight is 325 g/mol. The highest BCUT2D eigenvalue weighted by atomic mass is 19.4. The maximum atomic E-state index is 12.1. The van der Waals surface area contributed by atoms with Gasteiger partial charge in [0, 0.05) is 18.8 Å². The molecule has 0 aliphatic carbocycles. The van der Waals surface area contributed by atoms with Crippen LogP contribution >= 0.6 is 0 Å². The minimum absolute atomic E-state index is 0.283. The Morgan fingerprint density at radius 2 is 1.83 bits per heavy atom. The van der Waals surface area contributed by atoms with E-state index in [0.717, 1.165) is 0 Å². The number of halogens is 3. The zero-order chi connectivity index (χ0) is 16.9. The molecule has 0 amide bonds. The van der Waals surface area contributed by atoms with Crippen molar-refractivity contribution in [3.05, 3.63) is 49.1 Å². The van der Waals surface area contributed by atoms with Gasteiger partial charge in [-0.25, -0.2) is 0 Å². The molecule has 0 aliphatic rings. The van der Waals surface area contributed by atoms with Gasteiger partial charge in [0.1, 0.15) is 12.4 Å². The number of rotatable bonds is 6. The molecule has 1 heterocycles. The lowest BCUT2D eigenvalue weighted by Gasteiger charge is -2.18. The Morgan fingerprint density at radius 1 is 1.13 bits per heavy atom. The third kappa shape index (κ3) is 4.87. The van der Waals surface area contributed by atoms with Gasteiger partial charge in [0.05, 0.1) is 0 Å². The van der Waals surface area contributed by atoms with E-state index in [4.69, 9.17) is 4.74 Å². The molecule has 2 rings (SSSR count). The van der Waals surface area contributed by atoms with Crippen LogP contribution in [0.25, 0.3) is 0 Å². The summed E-state index contributed by atoms with van der Waals surface area (Å²) in [4.78, 5) is 1.67. The van der Waals surface area contributed by atoms with E-state index in [1.165, 1.54) is 24.3 Å². The summed E-state index contributed by atoms with van der Waals surface area (Å²) in [6.07, 6.45) is -3.12. The van der Waals surface area contributed by atoms with Crippen LogP contribution in [0.3, 0.4) is 0 Å². The molecule has 1 aromatic heterocycles. The van der Waals surface area contributed by atoms with Gasteiger partial charge in [-0.3, -0.25) is 0 Å². The first-order valence-electron chi connectivity index (χ1n) is 6.56. The standard InChI is InChI=1S/C15H14F3N3O2/c1-3-10-22-14-9-8-13(19-20-14)21(2)11-4-6-12(7-5-11)23-15(16,17)18/h3-9H,1,10H2,2H3. The summed E-state index contributed by atoms with van der Waals surface area (Å²) in [5, 5.41) is 7.89. The van der Waals surface area contributed by atoms with E-state index in [0.29, 0.717) is 24.0 Å². The van der Waals surface area contributed by atoms with Crippen LogP contribution in [0.1, 0.15) is 0 Å². The van der Waals surface area contributed by atoms with Crippen molar-refractivity contribution in [2.24, 2.45) is 0 Å². The minimum atomic E-state index is -4.71. The Bertz CT molecular complexity index is 643. The van der Waals surface area contributed by atoms with Gasteiger partial charge in [-0.1, -0.05) is 12.7 Å². The van der Waals surface area contributed by atoms with E-state index in [9.17, 15) is 13.2 Å². The summed E-state index contributed by atoms with van der Waals surface area (Å²) < 4.78 is 45.4. The van der Waals surface area contributed by atoms with Crippen molar-refractivity contribution in [2.75, 3.05) is 18.6 Å². The second kappa shape index (κ2) is 6.99. The number of nitrogens with zero attached hydrogens (tertiary/aromatic N) is 3. The number of benzene rings is 1. The minimum Gasteiger partial charge on any atom is -0.472 e. The van der Waals surface area contributed by atoms with Crippen molar-refractivity contribution in [1.82, 2.24) is 10.2 Å². The van der Waals surface area contributed by atoms with Crippen molar-refractivity contribution in [2.45, 2.75) is 6.36 Å². The molecule has 8 heteroatoms. The van der Waals surface area contributed by atoms with Crippen LogP contribution in [0.2, 0.25) is 0 Å². The summed E-state index contributed by atoms with van der Waals surface area (Å²) in [7, 11) is 1.72. The molecule has 2 aromatic rings. The quantitative estimate of drug-likeness (QED) is 0.758. The largest absolute Gasteiger partial charge is 0.573 e. The van der Waals surface area contributed by atoms with E-state index < -0.39 is 6.36 Å². The topological polar surface area (TPSA) is 47.5 Å². The van der Waals surface area contributed by atoms with E-state index in [1.54, 1.807) is 30.2 Å². The Morgan fingerprint density at radius 3 is 2.35 bits per heavy atom. The van der Waals surface area contributed by atoms with Crippen LogP contribution in [-0.4, -0.2) is 30.2 Å². The summed E-state index contributed by atoms with van der Waals surface area (Å²) in [6, 6.07) is 8.77. The van der Waals surface area contributed by atoms with Gasteiger partial charge in [0.25, 0.3) is 0 Å². The van der Waals surface area contributed by atoms with Crippen molar-refractivity contribution in [1.29, 1.82) is 0 Å². The molecular weight excluding hydrogens is 311 g/mol. The fourth-order valence-corrected chi connectivity index (χ4v) is 1.72. The molecule has 0 spiro atoms. The number of ether oxygens (including phenoxy) is 2. The molecule has 0 fully saturated rings. The second-order valence-electron chi connectivity index (χ2n) is 4.43. The first-order chi connectivity index (χ1) is 10.9. The maximum Gasteiger partial charge on any atom is 0.573 e. The molecule has 0 saturated carbocycles. The summed E-state index contributed by atoms with van der Waals surface area (Å²) in [6.45, 7) is 3.85. The van der Waals surface area contributed by atoms with Gasteiger partial charge < -0.3 is 14.4 Å². The highest BCUT2D eigenvalue weighted by Crippen LogP contribution is 2.27. The summed E-state index contributed by atoms with van der Waals surface area (Å²) in [5.41, 5.74) is 0.633. The van der Waals surface area contributed by atoms with Crippen LogP contribution in [0.5, 0.6) is 11.6 Å². The Hall–Kier alpha value is -2.77. The molecule has 122 valence electrons. The van der Waals surface area contributed by atoms with E-state index in [2.05, 4.69) is 21.5 Å². The van der Waals surface area contributed by atoms with E-state index in [1.807, 2.05) is 0 Å². The number of hydrogen-bond donors (Lipinski definition) is 0. The van der Waals surface area contributed by atoms with Crippen LogP contribution < -0.4 is 14.4 Å². The fourth-order valence-electron chi connectivity index (χ4n) is 1.72. The van der Waals surface area contributed by atoms with Crippen LogP contribution in [0.4, 0.5) is 24.7 Å². The molecule has 0 N–H and O–H groups in total. The highest BCUT2D eigenvalue weighted by molar-refractivity contribution is 5.59. The van der Waals surface area contributed by atoms with E-state index in [-0.39, 0.29) is 5.75 Å². The monoisotopic (exact) mass is 325 g/mol. The van der Waals surface area contributed by atoms with Crippen LogP contribution in [0.15, 0.2) is 49.1 Å². The van der Waals surface area contributed by atoms with Gasteiger partial charge >= 0.3 is 6.36 Å². The van der Waals surface area contributed by atoms with Crippen molar-refractivity contribution >= 4 is 11.5 Å². The first kappa shape index (κ1) is 16.6. The maximum absolute atomic E-state index is 12.1. The predicted octanol–water partition coefficient (Wildman–Crippen LogP) is 3.71. The molecule has 23 heavy (non-hydrogen) atoms. The lowest BCUT2D eigenvalue weighted by molar-refractivity contribution is -0.274. The Balaban J connectivity index is 2.07. The Kier molecular flexibility index (Phi) is 5.05. The van der Waals surface area contributed by atoms with Crippen molar-refractivity contribution in [3.63, 3.8) is 0 Å². The van der Waals surface area contributed by atoms with E-state index >= 15 is 0 Å². The number of hydrogen-bond acceptors (Lipinski definition) is 5. The number of anilines is 2. The normalized spacial score (nSPS) is 11.0. The molecule has 0 aliphatic heterocycles. The molecule has 0 radical (unpaired) electrons. The van der Waals surface area contributed by atoms with Gasteiger partial charge in [-0.2, -0.15) is 0 Å². The SMILES string of the molecule is C=CCOc1ccc(N(C)c2ccc(OC(F)(F)F)cc2)nn1. The van der Waals surface area contributed by atoms with Gasteiger partial charge in [-0.05, 0) is 30.3 Å². The van der Waals surface area contributed by atoms with Crippen molar-refractivity contribution in [3.8, 4) is 11.6 Å². The predicted molar refractivity (Wildman–Crippen MR) is 78.9 cm³/mol. The summed E-state index contributed by atoms with van der Waals surface area (Å²) >= 11 is 0. The van der Waals surface area contributed by atoms with Crippen LogP contribution in [0, 0.1) is 0 Å². The fraction of sp³-hybridized carbons (Fsp3) is 0.200. The molecule has 0 unspecified atom stereocenters. The lowest BCUT2D eigenvalue weighted by atomic mass is 10.3. The zero-order valence-electron chi connectivity index (χ0n) is 12.2. The smallest absolute Gasteiger partial charge is 0.472 e. The molecule has 0 atom stereocenters.